The van der Waals surface area contributed by atoms with Gasteiger partial charge in [0.1, 0.15) is 5.82 Å². The van der Waals surface area contributed by atoms with Crippen molar-refractivity contribution >= 4 is 11.5 Å². The highest BCUT2D eigenvalue weighted by atomic mass is 15.3. The quantitative estimate of drug-likeness (QED) is 0.445. The van der Waals surface area contributed by atoms with Crippen LogP contribution in [-0.2, 0) is 10.8 Å². The third-order valence-electron chi connectivity index (χ3n) is 8.18. The van der Waals surface area contributed by atoms with Crippen LogP contribution >= 0.6 is 0 Å². The van der Waals surface area contributed by atoms with Gasteiger partial charge in [0.25, 0.3) is 0 Å². The van der Waals surface area contributed by atoms with Gasteiger partial charge in [-0.05, 0) is 87.6 Å². The summed E-state index contributed by atoms with van der Waals surface area (Å²) in [6.45, 7) is 27.0. The smallest absolute Gasteiger partial charge is 0.128 e. The molecule has 0 amide bonds. The number of nitrogens with one attached hydrogen (secondary N) is 2. The zero-order chi connectivity index (χ0) is 27.9. The maximum Gasteiger partial charge on any atom is 0.128 e. The number of aromatic nitrogens is 2. The molecule has 2 saturated heterocycles. The van der Waals surface area contributed by atoms with Gasteiger partial charge >= 0.3 is 0 Å². The molecule has 2 aliphatic rings. The van der Waals surface area contributed by atoms with Gasteiger partial charge in [-0.1, -0.05) is 34.6 Å². The van der Waals surface area contributed by atoms with Gasteiger partial charge in [-0.3, -0.25) is 4.98 Å². The monoisotopic (exact) mass is 520 g/mol. The van der Waals surface area contributed by atoms with Crippen LogP contribution in [0, 0.1) is 0 Å². The molecule has 0 radical (unpaired) electrons. The third-order valence-corrected chi connectivity index (χ3v) is 8.18. The number of rotatable bonds is 9. The Morgan fingerprint density at radius 1 is 0.763 bits per heavy atom. The van der Waals surface area contributed by atoms with E-state index in [9.17, 15) is 0 Å². The summed E-state index contributed by atoms with van der Waals surface area (Å²) in [4.78, 5) is 14.1. The van der Waals surface area contributed by atoms with Crippen LogP contribution in [0.25, 0.3) is 0 Å². The fraction of sp³-hybridized carbons (Fsp3) is 0.688. The van der Waals surface area contributed by atoms with Crippen molar-refractivity contribution in [3.8, 4) is 0 Å². The van der Waals surface area contributed by atoms with Gasteiger partial charge in [0, 0.05) is 61.7 Å². The van der Waals surface area contributed by atoms with E-state index in [4.69, 9.17) is 0 Å². The molecule has 6 heteroatoms. The molecule has 2 aromatic heterocycles. The van der Waals surface area contributed by atoms with Crippen LogP contribution < -0.4 is 20.4 Å². The van der Waals surface area contributed by atoms with E-state index in [1.165, 1.54) is 16.8 Å². The van der Waals surface area contributed by atoms with Gasteiger partial charge in [0.05, 0.1) is 11.9 Å². The Balaban J connectivity index is 1.27. The Hall–Kier alpha value is -2.18. The lowest BCUT2D eigenvalue weighted by molar-refractivity contribution is 0.259. The average molecular weight is 521 g/mol. The summed E-state index contributed by atoms with van der Waals surface area (Å²) in [6, 6.07) is 7.81. The standard InChI is InChI=1S/C32H52N6/c1-29(2,3)23-11-14-34-28(16-23)38-21-26(22-38)36-32(9,10)13-12-31(7,8)24-15-27(18-33-17-24)37-19-25(20-37)35-30(4,5)6/h11,14-18,25-26,35-36H,12-13,19-22H2,1-10H3. The van der Waals surface area contributed by atoms with Crippen molar-refractivity contribution in [1.29, 1.82) is 0 Å². The molecule has 6 nitrogen and oxygen atoms in total. The van der Waals surface area contributed by atoms with Crippen molar-refractivity contribution in [1.82, 2.24) is 20.6 Å². The van der Waals surface area contributed by atoms with Gasteiger partial charge in [-0.25, -0.2) is 4.98 Å². The first-order valence-electron chi connectivity index (χ1n) is 14.5. The Morgan fingerprint density at radius 2 is 1.39 bits per heavy atom. The van der Waals surface area contributed by atoms with Crippen LogP contribution in [0.4, 0.5) is 11.5 Å². The Kier molecular flexibility index (Phi) is 7.90. The summed E-state index contributed by atoms with van der Waals surface area (Å²) < 4.78 is 0. The molecule has 0 aromatic carbocycles. The van der Waals surface area contributed by atoms with E-state index in [1.807, 2.05) is 12.4 Å². The van der Waals surface area contributed by atoms with E-state index in [0.29, 0.717) is 12.1 Å². The molecule has 38 heavy (non-hydrogen) atoms. The molecule has 0 bridgehead atoms. The second kappa shape index (κ2) is 10.4. The molecular formula is C32H52N6. The lowest BCUT2D eigenvalue weighted by Gasteiger charge is -2.45. The van der Waals surface area contributed by atoms with Gasteiger partial charge in [-0.2, -0.15) is 0 Å². The summed E-state index contributed by atoms with van der Waals surface area (Å²) in [6.07, 6.45) is 8.26. The number of hydrogen-bond acceptors (Lipinski definition) is 6. The summed E-state index contributed by atoms with van der Waals surface area (Å²) >= 11 is 0. The predicted octanol–water partition coefficient (Wildman–Crippen LogP) is 5.67. The number of nitrogens with zero attached hydrogens (tertiary/aromatic N) is 4. The van der Waals surface area contributed by atoms with Crippen molar-refractivity contribution in [3.05, 3.63) is 47.9 Å². The van der Waals surface area contributed by atoms with Crippen molar-refractivity contribution < 1.29 is 0 Å². The van der Waals surface area contributed by atoms with Gasteiger partial charge in [0.15, 0.2) is 0 Å². The predicted molar refractivity (Wildman–Crippen MR) is 162 cm³/mol. The van der Waals surface area contributed by atoms with Crippen LogP contribution in [0.5, 0.6) is 0 Å². The molecule has 210 valence electrons. The second-order valence-corrected chi connectivity index (χ2v) is 15.1. The zero-order valence-electron chi connectivity index (χ0n) is 25.7. The van der Waals surface area contributed by atoms with E-state index >= 15 is 0 Å². The van der Waals surface area contributed by atoms with Gasteiger partial charge in [0.2, 0.25) is 0 Å². The van der Waals surface area contributed by atoms with E-state index in [1.54, 1.807) is 0 Å². The molecule has 0 unspecified atom stereocenters. The van der Waals surface area contributed by atoms with Crippen molar-refractivity contribution in [3.63, 3.8) is 0 Å². The molecule has 0 saturated carbocycles. The molecular weight excluding hydrogens is 468 g/mol. The first kappa shape index (κ1) is 28.8. The minimum atomic E-state index is 0.0683. The Morgan fingerprint density at radius 3 is 2.03 bits per heavy atom. The third kappa shape index (κ3) is 7.26. The number of hydrogen-bond donors (Lipinski definition) is 2. The van der Waals surface area contributed by atoms with Crippen molar-refractivity contribution in [2.24, 2.45) is 0 Å². The van der Waals surface area contributed by atoms with Gasteiger partial charge < -0.3 is 20.4 Å². The molecule has 2 N–H and O–H groups in total. The van der Waals surface area contributed by atoms with E-state index in [-0.39, 0.29) is 21.9 Å². The highest BCUT2D eigenvalue weighted by molar-refractivity contribution is 5.50. The summed E-state index contributed by atoms with van der Waals surface area (Å²) in [5.74, 6) is 1.10. The second-order valence-electron chi connectivity index (χ2n) is 15.1. The normalized spacial score (nSPS) is 17.9. The maximum atomic E-state index is 4.64. The highest BCUT2D eigenvalue weighted by Gasteiger charge is 2.35. The fourth-order valence-electron chi connectivity index (χ4n) is 5.57. The summed E-state index contributed by atoms with van der Waals surface area (Å²) in [5, 5.41) is 7.64. The van der Waals surface area contributed by atoms with E-state index < -0.39 is 0 Å². The van der Waals surface area contributed by atoms with Crippen LogP contribution in [0.15, 0.2) is 36.8 Å². The zero-order valence-corrected chi connectivity index (χ0v) is 25.7. The van der Waals surface area contributed by atoms with Crippen LogP contribution in [0.2, 0.25) is 0 Å². The lowest BCUT2D eigenvalue weighted by atomic mass is 9.78. The molecule has 4 rings (SSSR count). The van der Waals surface area contributed by atoms with Crippen molar-refractivity contribution in [2.75, 3.05) is 36.0 Å². The SMILES string of the molecule is CC(C)(C)NC1CN(c2cncc(C(C)(C)CCC(C)(C)NC3CN(c4cc(C(C)(C)C)ccn4)C3)c2)C1. The Labute approximate surface area is 232 Å². The summed E-state index contributed by atoms with van der Waals surface area (Å²) in [5.41, 5.74) is 4.37. The largest absolute Gasteiger partial charge is 0.367 e. The first-order chi connectivity index (χ1) is 17.5. The average Bonchev–Trinajstić information content (AvgIpc) is 2.76. The van der Waals surface area contributed by atoms with E-state index in [2.05, 4.69) is 124 Å². The first-order valence-corrected chi connectivity index (χ1v) is 14.5. The fourth-order valence-corrected chi connectivity index (χ4v) is 5.57. The highest BCUT2D eigenvalue weighted by Crippen LogP contribution is 2.34. The molecule has 2 aliphatic heterocycles. The molecule has 2 fully saturated rings. The van der Waals surface area contributed by atoms with E-state index in [0.717, 1.165) is 44.8 Å². The molecule has 0 spiro atoms. The number of anilines is 2. The molecule has 0 atom stereocenters. The Bertz CT molecular complexity index is 1080. The van der Waals surface area contributed by atoms with Gasteiger partial charge in [-0.15, -0.1) is 0 Å². The minimum Gasteiger partial charge on any atom is -0.367 e. The maximum absolute atomic E-state index is 4.64. The molecule has 2 aromatic rings. The number of pyridine rings is 2. The van der Waals surface area contributed by atoms with Crippen molar-refractivity contribution in [2.45, 2.75) is 116 Å². The van der Waals surface area contributed by atoms with Crippen LogP contribution in [-0.4, -0.2) is 59.3 Å². The topological polar surface area (TPSA) is 56.3 Å². The summed E-state index contributed by atoms with van der Waals surface area (Å²) in [7, 11) is 0. The van der Waals surface area contributed by atoms with Crippen LogP contribution in [0.1, 0.15) is 93.2 Å². The van der Waals surface area contributed by atoms with Crippen LogP contribution in [0.3, 0.4) is 0 Å². The molecule has 0 aliphatic carbocycles. The minimum absolute atomic E-state index is 0.0683. The molecule has 4 heterocycles. The lowest BCUT2D eigenvalue weighted by Crippen LogP contribution is -2.63.